The van der Waals surface area contributed by atoms with E-state index < -0.39 is 15.3 Å². The Kier molecular flexibility index (Phi) is 39.7. The molecule has 0 saturated heterocycles. The maximum absolute atomic E-state index is 11.8. The van der Waals surface area contributed by atoms with Crippen molar-refractivity contribution in [2.24, 2.45) is 0 Å². The van der Waals surface area contributed by atoms with Crippen molar-refractivity contribution in [3.8, 4) is 0 Å². The van der Waals surface area contributed by atoms with Gasteiger partial charge in [0.05, 0.1) is 0 Å². The van der Waals surface area contributed by atoms with E-state index in [9.17, 15) is 7.00 Å². The van der Waals surface area contributed by atoms with Crippen molar-refractivity contribution in [1.29, 1.82) is 0 Å². The van der Waals surface area contributed by atoms with E-state index in [1.54, 1.807) is 6.08 Å². The van der Waals surface area contributed by atoms with Gasteiger partial charge in [-0.2, -0.15) is 0 Å². The Morgan fingerprint density at radius 3 is 1.67 bits per heavy atom. The fraction of sp³-hybridized carbons (Fsp3) is 0.500. The largest absolute Gasteiger partial charge is 0 e. The monoisotopic (exact) mass is 363 g/mol. The summed E-state index contributed by atoms with van der Waals surface area (Å²) in [6, 6.07) is 0. The van der Waals surface area contributed by atoms with Gasteiger partial charge in [0.15, 0.2) is 0 Å². The molecular formula is C8H17F2GeO3Zr-. The molecule has 1 aliphatic rings. The van der Waals surface area contributed by atoms with Gasteiger partial charge >= 0.3 is 51.3 Å². The Morgan fingerprint density at radius 2 is 1.53 bits per heavy atom. The molecule has 0 unspecified atom stereocenters. The molecule has 0 aromatic carbocycles. The van der Waals surface area contributed by atoms with Crippen molar-refractivity contribution in [2.75, 3.05) is 21.3 Å². The first-order valence-corrected chi connectivity index (χ1v) is 6.74. The molecular weight excluding hydrogens is 346 g/mol. The van der Waals surface area contributed by atoms with Gasteiger partial charge in [0.2, 0.25) is 0 Å². The Morgan fingerprint density at radius 1 is 1.13 bits per heavy atom. The van der Waals surface area contributed by atoms with Crippen LogP contribution in [0.5, 0.6) is 0 Å². The molecule has 0 radical (unpaired) electrons. The second kappa shape index (κ2) is 24.1. The number of aliphatic hydroxyl groups is 3. The van der Waals surface area contributed by atoms with Gasteiger partial charge < -0.3 is 15.3 Å². The fourth-order valence-electron chi connectivity index (χ4n) is 0.571. The standard InChI is InChI=1S/C5H5F2Ge.3CH4O.Zr/c6-8(7)5-3-1-2-4-5;3*1-2;/h1,3,8H,2H2;3*2H,1H3;/q-1;;;;. The first-order valence-electron chi connectivity index (χ1n) is 3.70. The van der Waals surface area contributed by atoms with Crippen molar-refractivity contribution in [2.45, 2.75) is 6.42 Å². The van der Waals surface area contributed by atoms with E-state index in [1.807, 2.05) is 0 Å². The van der Waals surface area contributed by atoms with Crippen LogP contribution in [0.1, 0.15) is 6.42 Å². The summed E-state index contributed by atoms with van der Waals surface area (Å²) in [5.41, 5.74) is 0. The van der Waals surface area contributed by atoms with Gasteiger partial charge in [-0.3, -0.25) is 0 Å². The van der Waals surface area contributed by atoms with Crippen molar-refractivity contribution < 1.29 is 48.5 Å². The summed E-state index contributed by atoms with van der Waals surface area (Å²) >= 11 is -3.91. The zero-order chi connectivity index (χ0) is 12.0. The van der Waals surface area contributed by atoms with Gasteiger partial charge in [-0.25, -0.2) is 0 Å². The molecule has 90 valence electrons. The number of hydrogen-bond acceptors (Lipinski definition) is 3. The van der Waals surface area contributed by atoms with Gasteiger partial charge in [0.25, 0.3) is 0 Å². The minimum absolute atomic E-state index is 0. The number of allylic oxidation sites excluding steroid dienone is 4. The second-order valence-electron chi connectivity index (χ2n) is 1.54. The van der Waals surface area contributed by atoms with E-state index in [1.165, 1.54) is 6.08 Å². The van der Waals surface area contributed by atoms with Crippen LogP contribution in [0.25, 0.3) is 0 Å². The number of hydrogen-bond donors (Lipinski definition) is 3. The third kappa shape index (κ3) is 17.3. The van der Waals surface area contributed by atoms with Crippen LogP contribution in [-0.4, -0.2) is 51.9 Å². The zero-order valence-electron chi connectivity index (χ0n) is 9.04. The predicted molar refractivity (Wildman–Crippen MR) is 54.3 cm³/mol. The van der Waals surface area contributed by atoms with Crippen molar-refractivity contribution in [3.63, 3.8) is 0 Å². The molecule has 0 spiro atoms. The van der Waals surface area contributed by atoms with E-state index >= 15 is 0 Å². The van der Waals surface area contributed by atoms with Crippen LogP contribution in [0.3, 0.4) is 0 Å². The number of aliphatic hydroxyl groups excluding tert-OH is 3. The Hall–Kier alpha value is 0.646. The molecule has 15 heavy (non-hydrogen) atoms. The average Bonchev–Trinajstić information content (AvgIpc) is 2.80. The summed E-state index contributed by atoms with van der Waals surface area (Å²) in [4.78, 5) is 0. The minimum atomic E-state index is -3.91. The normalized spacial score (nSPS) is 10.6. The van der Waals surface area contributed by atoms with Crippen LogP contribution in [0.15, 0.2) is 16.6 Å². The molecule has 7 heteroatoms. The molecule has 0 heterocycles. The van der Waals surface area contributed by atoms with Gasteiger partial charge in [0, 0.05) is 47.5 Å². The van der Waals surface area contributed by atoms with E-state index in [2.05, 4.69) is 6.08 Å². The summed E-state index contributed by atoms with van der Waals surface area (Å²) in [5.74, 6) is 0. The predicted octanol–water partition coefficient (Wildman–Crippen LogP) is 0.198. The summed E-state index contributed by atoms with van der Waals surface area (Å²) in [7, 11) is 3.00. The van der Waals surface area contributed by atoms with Crippen LogP contribution in [0, 0.1) is 6.08 Å². The summed E-state index contributed by atoms with van der Waals surface area (Å²) < 4.78 is 23.8. The van der Waals surface area contributed by atoms with Crippen molar-refractivity contribution in [3.05, 3.63) is 22.6 Å². The SMILES string of the molecule is CO.CO.CO.[F][GeH]([F])[C]1=[C-]CC=C1.[Zr]. The quantitative estimate of drug-likeness (QED) is 0.461. The molecule has 0 bridgehead atoms. The van der Waals surface area contributed by atoms with Gasteiger partial charge in [-0.05, 0) is 0 Å². The Balaban J connectivity index is -0.0000000755. The smallest absolute Gasteiger partial charge is 0 e. The number of rotatable bonds is 1. The topological polar surface area (TPSA) is 60.7 Å². The molecule has 0 saturated carbocycles. The summed E-state index contributed by atoms with van der Waals surface area (Å²) in [6.45, 7) is 0. The van der Waals surface area contributed by atoms with Gasteiger partial charge in [-0.1, -0.05) is 0 Å². The Labute approximate surface area is 114 Å². The third-order valence-corrected chi connectivity index (χ3v) is 2.78. The van der Waals surface area contributed by atoms with Gasteiger partial charge in [0.1, 0.15) is 0 Å². The third-order valence-electron chi connectivity index (χ3n) is 0.957. The minimum Gasteiger partial charge on any atom is 0 e. The molecule has 3 N–H and O–H groups in total. The second-order valence-corrected chi connectivity index (χ2v) is 4.11. The first-order chi connectivity index (χ1) is 6.80. The molecule has 0 fully saturated rings. The first kappa shape index (κ1) is 24.7. The molecule has 0 atom stereocenters. The average molecular weight is 363 g/mol. The van der Waals surface area contributed by atoms with Crippen LogP contribution < -0.4 is 0 Å². The molecule has 1 rings (SSSR count). The maximum Gasteiger partial charge on any atom is 0 e. The van der Waals surface area contributed by atoms with Crippen molar-refractivity contribution in [1.82, 2.24) is 0 Å². The maximum atomic E-state index is 11.8. The van der Waals surface area contributed by atoms with E-state index in [0.29, 0.717) is 6.42 Å². The summed E-state index contributed by atoms with van der Waals surface area (Å²) in [6.07, 6.45) is 6.39. The molecule has 0 aliphatic heterocycles. The van der Waals surface area contributed by atoms with E-state index in [4.69, 9.17) is 15.3 Å². The Bertz CT molecular complexity index is 155. The van der Waals surface area contributed by atoms with E-state index in [0.717, 1.165) is 21.3 Å². The van der Waals surface area contributed by atoms with Crippen LogP contribution in [0.4, 0.5) is 7.00 Å². The van der Waals surface area contributed by atoms with Gasteiger partial charge in [-0.15, -0.1) is 0 Å². The molecule has 3 nitrogen and oxygen atoms in total. The van der Waals surface area contributed by atoms with Crippen LogP contribution in [0.2, 0.25) is 0 Å². The molecule has 0 amide bonds. The van der Waals surface area contributed by atoms with Crippen molar-refractivity contribution >= 4 is 15.3 Å². The van der Waals surface area contributed by atoms with Crippen LogP contribution in [-0.2, 0) is 26.2 Å². The molecule has 0 aromatic heterocycles. The zero-order valence-corrected chi connectivity index (χ0v) is 13.9. The van der Waals surface area contributed by atoms with E-state index in [-0.39, 0.29) is 30.6 Å². The summed E-state index contributed by atoms with van der Waals surface area (Å²) in [5, 5.41) is 21.0. The molecule has 0 aromatic rings. The number of halogens is 2. The molecule has 1 aliphatic carbocycles. The fourth-order valence-corrected chi connectivity index (χ4v) is 1.73. The van der Waals surface area contributed by atoms with Crippen LogP contribution >= 0.6 is 0 Å².